The van der Waals surface area contributed by atoms with E-state index in [0.717, 1.165) is 69.3 Å². The van der Waals surface area contributed by atoms with E-state index in [1.54, 1.807) is 12.1 Å². The highest BCUT2D eigenvalue weighted by Gasteiger charge is 2.14. The number of aromatic nitrogens is 2. The average Bonchev–Trinajstić information content (AvgIpc) is 3.48. The average molecular weight is 876 g/mol. The zero-order valence-corrected chi connectivity index (χ0v) is 31.2. The molecule has 0 unspecified atom stereocenters. The number of nitrogens with zero attached hydrogens (tertiary/aromatic N) is 2. The van der Waals surface area contributed by atoms with Gasteiger partial charge in [-0.15, -0.1) is 0 Å². The summed E-state index contributed by atoms with van der Waals surface area (Å²) >= 11 is 13.6. The lowest BCUT2D eigenvalue weighted by Gasteiger charge is -2.10. The smallest absolute Gasteiger partial charge is 0.150 e. The molecule has 3 N–H and O–H groups in total. The fraction of sp³-hybridized carbons (Fsp3) is 0. The van der Waals surface area contributed by atoms with Crippen LogP contribution in [0.5, 0.6) is 0 Å². The minimum atomic E-state index is 0.707. The van der Waals surface area contributed by atoms with Gasteiger partial charge in [-0.3, -0.25) is 9.36 Å². The second kappa shape index (κ2) is 16.7. The number of nitrogens with two attached hydrogens (primary N) is 1. The maximum Gasteiger partial charge on any atom is 0.150 e. The topological polar surface area (TPSA) is 72.9 Å². The number of hydrogen-bond donors (Lipinski definition) is 2. The van der Waals surface area contributed by atoms with Gasteiger partial charge in [0.25, 0.3) is 0 Å². The molecule has 6 aromatic carbocycles. The quantitative estimate of drug-likeness (QED) is 0.133. The Kier molecular flexibility index (Phi) is 12.2. The molecule has 0 saturated heterocycles. The van der Waals surface area contributed by atoms with Crippen LogP contribution in [-0.2, 0) is 0 Å². The number of imidazole rings is 1. The van der Waals surface area contributed by atoms with Gasteiger partial charge in [0.15, 0.2) is 0 Å². The van der Waals surface area contributed by atoms with Gasteiger partial charge in [0.1, 0.15) is 12.1 Å². The molecule has 1 aromatic heterocycles. The fourth-order valence-electron chi connectivity index (χ4n) is 4.51. The van der Waals surface area contributed by atoms with Crippen molar-refractivity contribution in [2.75, 3.05) is 11.1 Å². The third kappa shape index (κ3) is 9.51. The Morgan fingerprint density at radius 1 is 0.596 bits per heavy atom. The number of para-hydroxylation sites is 4. The van der Waals surface area contributed by atoms with E-state index < -0.39 is 0 Å². The monoisotopic (exact) mass is 872 g/mol. The molecule has 47 heavy (non-hydrogen) atoms. The predicted octanol–water partition coefficient (Wildman–Crippen LogP) is 12.3. The van der Waals surface area contributed by atoms with Gasteiger partial charge in [-0.05, 0) is 97.1 Å². The maximum absolute atomic E-state index is 10.1. The molecule has 1 heterocycles. The van der Waals surface area contributed by atoms with Crippen LogP contribution in [0.1, 0.15) is 10.4 Å². The van der Waals surface area contributed by atoms with Crippen LogP contribution in [0, 0.1) is 0 Å². The molecule has 0 fully saturated rings. The van der Waals surface area contributed by atoms with E-state index in [2.05, 4.69) is 116 Å². The first-order valence-electron chi connectivity index (χ1n) is 14.4. The minimum absolute atomic E-state index is 0.707. The first kappa shape index (κ1) is 34.3. The van der Waals surface area contributed by atoms with Crippen LogP contribution >= 0.6 is 63.7 Å². The van der Waals surface area contributed by atoms with Gasteiger partial charge < -0.3 is 11.1 Å². The van der Waals surface area contributed by atoms with Crippen molar-refractivity contribution in [1.29, 1.82) is 0 Å². The molecular weight excluding hydrogens is 848 g/mol. The number of aldehydes is 1. The van der Waals surface area contributed by atoms with Gasteiger partial charge in [-0.25, -0.2) is 4.98 Å². The number of nitrogen functional groups attached to an aromatic ring is 1. The van der Waals surface area contributed by atoms with Crippen LogP contribution in [0.4, 0.5) is 17.1 Å². The maximum atomic E-state index is 10.1. The van der Waals surface area contributed by atoms with Crippen LogP contribution in [0.25, 0.3) is 28.1 Å². The second-order valence-corrected chi connectivity index (χ2v) is 13.8. The number of rotatable bonds is 5. The van der Waals surface area contributed by atoms with Gasteiger partial charge in [0.05, 0.1) is 22.4 Å². The first-order valence-corrected chi connectivity index (χ1v) is 17.5. The molecule has 0 aliphatic carbocycles. The number of hydrogen-bond acceptors (Lipinski definition) is 4. The van der Waals surface area contributed by atoms with E-state index >= 15 is 0 Å². The van der Waals surface area contributed by atoms with Gasteiger partial charge in [0.2, 0.25) is 0 Å². The summed E-state index contributed by atoms with van der Waals surface area (Å²) in [5.41, 5.74) is 13.5. The van der Waals surface area contributed by atoms with E-state index in [-0.39, 0.29) is 0 Å². The Morgan fingerprint density at radius 2 is 1.11 bits per heavy atom. The Hall–Kier alpha value is -4.02. The number of carbonyl (C=O) groups is 1. The van der Waals surface area contributed by atoms with Crippen LogP contribution in [0.3, 0.4) is 0 Å². The zero-order chi connectivity index (χ0) is 33.2. The molecule has 0 amide bonds. The van der Waals surface area contributed by atoms with Gasteiger partial charge >= 0.3 is 0 Å². The van der Waals surface area contributed by atoms with E-state index in [0.29, 0.717) is 5.56 Å². The SMILES string of the molecule is Brc1ccc(-c2nc3ccccc3n2-c2ccc(Br)cc2)cc1.Nc1ccccc1Nc1ccc(Br)cc1.O=Cc1ccc(Br)cc1. The molecule has 0 radical (unpaired) electrons. The lowest BCUT2D eigenvalue weighted by atomic mass is 10.2. The van der Waals surface area contributed by atoms with Crippen molar-refractivity contribution in [2.45, 2.75) is 0 Å². The van der Waals surface area contributed by atoms with Crippen LogP contribution < -0.4 is 11.1 Å². The van der Waals surface area contributed by atoms with Crippen LogP contribution in [0.2, 0.25) is 0 Å². The molecule has 0 aliphatic heterocycles. The summed E-state index contributed by atoms with van der Waals surface area (Å²) in [6.07, 6.45) is 0.826. The molecule has 0 bridgehead atoms. The standard InChI is InChI=1S/C19H12Br2N2.C12H11BrN2.C7H5BrO/c20-14-7-5-13(6-8-14)19-22-17-3-1-2-4-18(17)23(19)16-11-9-15(21)10-12-16;13-9-5-7-10(8-6-9)15-12-4-2-1-3-11(12)14;8-7-3-1-6(5-9)2-4-7/h1-12H;1-8,15H,14H2;1-5H. The van der Waals surface area contributed by atoms with Crippen molar-refractivity contribution in [3.05, 3.63) is 169 Å². The van der Waals surface area contributed by atoms with Crippen molar-refractivity contribution in [2.24, 2.45) is 0 Å². The molecule has 5 nitrogen and oxygen atoms in total. The molecule has 234 valence electrons. The highest BCUT2D eigenvalue weighted by Crippen LogP contribution is 2.30. The van der Waals surface area contributed by atoms with Crippen molar-refractivity contribution in [3.63, 3.8) is 0 Å². The third-order valence-corrected chi connectivity index (χ3v) is 8.95. The summed E-state index contributed by atoms with van der Waals surface area (Å²) in [6.45, 7) is 0. The van der Waals surface area contributed by atoms with E-state index in [1.807, 2.05) is 91.0 Å². The minimum Gasteiger partial charge on any atom is -0.397 e. The Morgan fingerprint density at radius 3 is 1.70 bits per heavy atom. The second-order valence-electron chi connectivity index (χ2n) is 10.1. The molecule has 0 aliphatic rings. The highest BCUT2D eigenvalue weighted by atomic mass is 79.9. The molecular formula is C38H28Br4N4O. The molecule has 0 spiro atoms. The number of nitrogens with one attached hydrogen (secondary N) is 1. The zero-order valence-electron chi connectivity index (χ0n) is 24.8. The van der Waals surface area contributed by atoms with Crippen molar-refractivity contribution >= 4 is 98.1 Å². The van der Waals surface area contributed by atoms with E-state index in [4.69, 9.17) is 10.7 Å². The molecule has 0 saturated carbocycles. The largest absolute Gasteiger partial charge is 0.397 e. The lowest BCUT2D eigenvalue weighted by molar-refractivity contribution is 0.112. The van der Waals surface area contributed by atoms with Crippen LogP contribution in [0.15, 0.2) is 163 Å². The number of fused-ring (bicyclic) bond motifs is 1. The van der Waals surface area contributed by atoms with E-state index in [1.165, 1.54) is 0 Å². The summed E-state index contributed by atoms with van der Waals surface area (Å²) in [6, 6.07) is 47.6. The van der Waals surface area contributed by atoms with Gasteiger partial charge in [-0.2, -0.15) is 0 Å². The van der Waals surface area contributed by atoms with Crippen LogP contribution in [-0.4, -0.2) is 15.8 Å². The molecule has 0 atom stereocenters. The molecule has 7 rings (SSSR count). The summed E-state index contributed by atoms with van der Waals surface area (Å²) in [4.78, 5) is 14.9. The van der Waals surface area contributed by atoms with Gasteiger partial charge in [-0.1, -0.05) is 112 Å². The van der Waals surface area contributed by atoms with Crippen molar-refractivity contribution in [1.82, 2.24) is 9.55 Å². The Bertz CT molecular complexity index is 2060. The molecule has 7 aromatic rings. The normalized spacial score (nSPS) is 10.3. The number of anilines is 3. The highest BCUT2D eigenvalue weighted by molar-refractivity contribution is 9.11. The van der Waals surface area contributed by atoms with Crippen molar-refractivity contribution in [3.8, 4) is 17.1 Å². The Balaban J connectivity index is 0.000000155. The number of benzene rings is 6. The van der Waals surface area contributed by atoms with E-state index in [9.17, 15) is 4.79 Å². The fourth-order valence-corrected chi connectivity index (χ4v) is 5.57. The van der Waals surface area contributed by atoms with Gasteiger partial charge in [0, 0.05) is 40.4 Å². The Labute approximate surface area is 307 Å². The molecule has 9 heteroatoms. The summed E-state index contributed by atoms with van der Waals surface area (Å²) in [5, 5.41) is 3.25. The lowest BCUT2D eigenvalue weighted by Crippen LogP contribution is -1.97. The summed E-state index contributed by atoms with van der Waals surface area (Å²) in [7, 11) is 0. The predicted molar refractivity (Wildman–Crippen MR) is 210 cm³/mol. The summed E-state index contributed by atoms with van der Waals surface area (Å²) in [5.74, 6) is 0.945. The summed E-state index contributed by atoms with van der Waals surface area (Å²) < 4.78 is 6.39. The first-order chi connectivity index (χ1) is 22.8. The number of halogens is 4. The number of carbonyl (C=O) groups excluding carboxylic acids is 1. The third-order valence-electron chi connectivity index (χ3n) is 6.84. The van der Waals surface area contributed by atoms with Crippen molar-refractivity contribution < 1.29 is 4.79 Å².